The zero-order valence-electron chi connectivity index (χ0n) is 13.0. The summed E-state index contributed by atoms with van der Waals surface area (Å²) >= 11 is 0. The highest BCUT2D eigenvalue weighted by atomic mass is 16.2. The summed E-state index contributed by atoms with van der Waals surface area (Å²) < 4.78 is 0. The minimum Gasteiger partial charge on any atom is -0.400 e. The third-order valence-corrected chi connectivity index (χ3v) is 5.86. The third-order valence-electron chi connectivity index (χ3n) is 5.86. The molecule has 2 heteroatoms. The second-order valence-corrected chi connectivity index (χ2v) is 7.51. The lowest BCUT2D eigenvalue weighted by Crippen LogP contribution is -2.22. The third kappa shape index (κ3) is 2.34. The van der Waals surface area contributed by atoms with Gasteiger partial charge in [0.15, 0.2) is 0 Å². The molecule has 0 heterocycles. The van der Waals surface area contributed by atoms with Crippen LogP contribution in [0.15, 0.2) is 0 Å². The summed E-state index contributed by atoms with van der Waals surface area (Å²) in [6, 6.07) is 0. The monoisotopic (exact) mass is 256 g/mol. The second-order valence-electron chi connectivity index (χ2n) is 7.51. The zero-order valence-corrected chi connectivity index (χ0v) is 13.0. The van der Waals surface area contributed by atoms with E-state index in [1.807, 2.05) is 0 Å². The SMILES string of the molecule is CC1(C)CC2C(C1)C1CCC2C1(C)C.CO.CO. The van der Waals surface area contributed by atoms with Crippen molar-refractivity contribution in [3.05, 3.63) is 0 Å². The van der Waals surface area contributed by atoms with E-state index < -0.39 is 0 Å². The van der Waals surface area contributed by atoms with Crippen LogP contribution in [0.3, 0.4) is 0 Å². The molecule has 18 heavy (non-hydrogen) atoms. The number of aliphatic hydroxyl groups is 2. The smallest absolute Gasteiger partial charge is 0.0319 e. The fourth-order valence-electron chi connectivity index (χ4n) is 5.45. The van der Waals surface area contributed by atoms with Gasteiger partial charge < -0.3 is 10.2 Å². The molecule has 2 bridgehead atoms. The fourth-order valence-corrected chi connectivity index (χ4v) is 5.45. The number of hydrogen-bond donors (Lipinski definition) is 2. The van der Waals surface area contributed by atoms with Crippen molar-refractivity contribution in [2.75, 3.05) is 14.2 Å². The average molecular weight is 256 g/mol. The fraction of sp³-hybridized carbons (Fsp3) is 1.00. The highest BCUT2D eigenvalue weighted by Crippen LogP contribution is 2.69. The molecule has 2 nitrogen and oxygen atoms in total. The van der Waals surface area contributed by atoms with E-state index in [2.05, 4.69) is 27.7 Å². The molecule has 0 aliphatic heterocycles. The Bertz CT molecular complexity index is 246. The van der Waals surface area contributed by atoms with E-state index in [4.69, 9.17) is 10.2 Å². The molecule has 3 aliphatic rings. The maximum Gasteiger partial charge on any atom is 0.0319 e. The summed E-state index contributed by atoms with van der Waals surface area (Å²) in [5, 5.41) is 14.0. The molecule has 2 N–H and O–H groups in total. The summed E-state index contributed by atoms with van der Waals surface area (Å²) in [5.74, 6) is 4.33. The van der Waals surface area contributed by atoms with Crippen LogP contribution in [0.4, 0.5) is 0 Å². The minimum atomic E-state index is 0.659. The van der Waals surface area contributed by atoms with Crippen LogP contribution in [-0.4, -0.2) is 24.4 Å². The Morgan fingerprint density at radius 1 is 0.722 bits per heavy atom. The molecule has 108 valence electrons. The van der Waals surface area contributed by atoms with Gasteiger partial charge in [0.1, 0.15) is 0 Å². The molecule has 0 radical (unpaired) electrons. The van der Waals surface area contributed by atoms with Crippen molar-refractivity contribution in [1.82, 2.24) is 0 Å². The first-order valence-corrected chi connectivity index (χ1v) is 7.31. The highest BCUT2D eigenvalue weighted by Gasteiger charge is 2.62. The minimum absolute atomic E-state index is 0.659. The lowest BCUT2D eigenvalue weighted by molar-refractivity contribution is 0.194. The summed E-state index contributed by atoms with van der Waals surface area (Å²) in [4.78, 5) is 0. The Morgan fingerprint density at radius 3 is 1.39 bits per heavy atom. The van der Waals surface area contributed by atoms with Gasteiger partial charge in [-0.2, -0.15) is 0 Å². The molecule has 3 aliphatic carbocycles. The number of aliphatic hydroxyl groups excluding tert-OH is 2. The Labute approximate surface area is 113 Å². The first-order chi connectivity index (χ1) is 8.42. The molecule has 0 aromatic rings. The van der Waals surface area contributed by atoms with Crippen LogP contribution in [0.1, 0.15) is 53.4 Å². The van der Waals surface area contributed by atoms with Crippen molar-refractivity contribution in [2.24, 2.45) is 34.5 Å². The molecule has 0 aromatic heterocycles. The van der Waals surface area contributed by atoms with E-state index in [-0.39, 0.29) is 0 Å². The Hall–Kier alpha value is -0.0800. The number of hydrogen-bond acceptors (Lipinski definition) is 2. The molecule has 0 aromatic carbocycles. The molecule has 3 fully saturated rings. The average Bonchev–Trinajstić information content (AvgIpc) is 2.87. The van der Waals surface area contributed by atoms with E-state index in [9.17, 15) is 0 Å². The van der Waals surface area contributed by atoms with Gasteiger partial charge in [-0.3, -0.25) is 0 Å². The van der Waals surface area contributed by atoms with Crippen LogP contribution >= 0.6 is 0 Å². The second kappa shape index (κ2) is 5.50. The summed E-state index contributed by atoms with van der Waals surface area (Å²) in [6.07, 6.45) is 6.11. The van der Waals surface area contributed by atoms with E-state index in [1.165, 1.54) is 25.7 Å². The van der Waals surface area contributed by atoms with Gasteiger partial charge in [0.05, 0.1) is 0 Å². The summed E-state index contributed by atoms with van der Waals surface area (Å²) in [5.41, 5.74) is 1.35. The van der Waals surface area contributed by atoms with Crippen molar-refractivity contribution in [3.63, 3.8) is 0 Å². The largest absolute Gasteiger partial charge is 0.400 e. The van der Waals surface area contributed by atoms with Crippen molar-refractivity contribution >= 4 is 0 Å². The Balaban J connectivity index is 0.000000371. The van der Waals surface area contributed by atoms with Gasteiger partial charge in [-0.25, -0.2) is 0 Å². The van der Waals surface area contributed by atoms with Crippen LogP contribution < -0.4 is 0 Å². The van der Waals surface area contributed by atoms with Gasteiger partial charge in [0, 0.05) is 14.2 Å². The molecule has 4 atom stereocenters. The van der Waals surface area contributed by atoms with E-state index >= 15 is 0 Å². The van der Waals surface area contributed by atoms with Crippen LogP contribution in [0.2, 0.25) is 0 Å². The van der Waals surface area contributed by atoms with E-state index in [0.29, 0.717) is 10.8 Å². The normalized spacial score (nSPS) is 41.3. The topological polar surface area (TPSA) is 40.5 Å². The van der Waals surface area contributed by atoms with Crippen LogP contribution in [0.5, 0.6) is 0 Å². The first-order valence-electron chi connectivity index (χ1n) is 7.31. The predicted molar refractivity (Wildman–Crippen MR) is 76.3 cm³/mol. The lowest BCUT2D eigenvalue weighted by Gasteiger charge is -2.30. The van der Waals surface area contributed by atoms with Crippen LogP contribution in [0, 0.1) is 34.5 Å². The van der Waals surface area contributed by atoms with Crippen molar-refractivity contribution in [2.45, 2.75) is 53.4 Å². The van der Waals surface area contributed by atoms with Crippen LogP contribution in [-0.2, 0) is 0 Å². The lowest BCUT2D eigenvalue weighted by atomic mass is 9.75. The van der Waals surface area contributed by atoms with Crippen molar-refractivity contribution in [1.29, 1.82) is 0 Å². The summed E-state index contributed by atoms with van der Waals surface area (Å²) in [7, 11) is 2.00. The van der Waals surface area contributed by atoms with Gasteiger partial charge in [-0.05, 0) is 60.2 Å². The molecule has 0 saturated heterocycles. The van der Waals surface area contributed by atoms with Gasteiger partial charge in [0.2, 0.25) is 0 Å². The Kier molecular flexibility index (Phi) is 4.88. The highest BCUT2D eigenvalue weighted by molar-refractivity contribution is 5.11. The molecule has 3 rings (SSSR count). The Morgan fingerprint density at radius 2 is 1.06 bits per heavy atom. The van der Waals surface area contributed by atoms with Crippen molar-refractivity contribution < 1.29 is 10.2 Å². The maximum atomic E-state index is 7.00. The zero-order chi connectivity index (χ0) is 14.1. The molecule has 3 saturated carbocycles. The molecule has 0 spiro atoms. The van der Waals surface area contributed by atoms with Gasteiger partial charge in [-0.1, -0.05) is 27.7 Å². The number of rotatable bonds is 0. The van der Waals surface area contributed by atoms with E-state index in [1.54, 1.807) is 0 Å². The van der Waals surface area contributed by atoms with Crippen LogP contribution in [0.25, 0.3) is 0 Å². The van der Waals surface area contributed by atoms with E-state index in [0.717, 1.165) is 37.9 Å². The molecule has 4 unspecified atom stereocenters. The summed E-state index contributed by atoms with van der Waals surface area (Å²) in [6.45, 7) is 10.1. The number of fused-ring (bicyclic) bond motifs is 5. The van der Waals surface area contributed by atoms with Gasteiger partial charge >= 0.3 is 0 Å². The quantitative estimate of drug-likeness (QED) is 0.698. The van der Waals surface area contributed by atoms with Gasteiger partial charge in [-0.15, -0.1) is 0 Å². The maximum absolute atomic E-state index is 7.00. The predicted octanol–water partition coefficient (Wildman–Crippen LogP) is 3.32. The standard InChI is InChI=1S/C14H24.2CH4O/c1-13(2)7-9-10(8-13)12-6-5-11(9)14(12,3)4;2*1-2/h9-12H,5-8H2,1-4H3;2*2H,1H3. The van der Waals surface area contributed by atoms with Gasteiger partial charge in [0.25, 0.3) is 0 Å². The molecular weight excluding hydrogens is 224 g/mol. The molecule has 0 amide bonds. The molecular formula is C16H32O2. The first kappa shape index (κ1) is 16.0. The van der Waals surface area contributed by atoms with Crippen molar-refractivity contribution in [3.8, 4) is 0 Å².